The Kier molecular flexibility index (Phi) is 5.03. The second-order valence-corrected chi connectivity index (χ2v) is 6.66. The van der Waals surface area contributed by atoms with Crippen LogP contribution in [0.1, 0.15) is 5.56 Å². The van der Waals surface area contributed by atoms with Crippen LogP contribution in [-0.2, 0) is 0 Å². The molecule has 0 bridgehead atoms. The number of hydrazone groups is 1. The van der Waals surface area contributed by atoms with E-state index in [1.807, 2.05) is 66.0 Å². The molecule has 0 aliphatic carbocycles. The number of hydrogen-bond acceptors (Lipinski definition) is 4. The van der Waals surface area contributed by atoms with Crippen molar-refractivity contribution in [2.45, 2.75) is 0 Å². The molecule has 0 aliphatic heterocycles. The molecule has 1 heterocycles. The lowest BCUT2D eigenvalue weighted by molar-refractivity contribution is 0.628. The van der Waals surface area contributed by atoms with Crippen molar-refractivity contribution in [2.75, 3.05) is 5.01 Å². The molecule has 5 heteroatoms. The zero-order valence-corrected chi connectivity index (χ0v) is 15.2. The van der Waals surface area contributed by atoms with Gasteiger partial charge < -0.3 is 0 Å². The van der Waals surface area contributed by atoms with Gasteiger partial charge in [0.15, 0.2) is 0 Å². The van der Waals surface area contributed by atoms with Crippen molar-refractivity contribution >= 4 is 28.4 Å². The van der Waals surface area contributed by atoms with E-state index in [1.165, 1.54) is 23.5 Å². The van der Waals surface area contributed by atoms with E-state index in [1.54, 1.807) is 23.4 Å². The van der Waals surface area contributed by atoms with Crippen molar-refractivity contribution in [1.82, 2.24) is 4.98 Å². The fraction of sp³-hybridized carbons (Fsp3) is 0. The summed E-state index contributed by atoms with van der Waals surface area (Å²) in [6, 6.07) is 26.1. The monoisotopic (exact) mass is 373 g/mol. The summed E-state index contributed by atoms with van der Waals surface area (Å²) in [6.07, 6.45) is 1.70. The first-order chi connectivity index (χ1) is 13.3. The molecule has 0 saturated carbocycles. The zero-order valence-electron chi connectivity index (χ0n) is 14.4. The smallest absolute Gasteiger partial charge is 0.211 e. The minimum Gasteiger partial charge on any atom is -0.218 e. The Hall–Kier alpha value is -3.31. The average Bonchev–Trinajstić information content (AvgIpc) is 3.21. The SMILES string of the molecule is Fc1ccc(/C=N\N(c2ccccc2)c2nc(-c3ccccc3)cs2)cc1. The normalized spacial score (nSPS) is 11.0. The van der Waals surface area contributed by atoms with Gasteiger partial charge in [-0.1, -0.05) is 60.7 Å². The molecule has 4 rings (SSSR count). The number of anilines is 2. The van der Waals surface area contributed by atoms with Crippen LogP contribution >= 0.6 is 11.3 Å². The number of hydrogen-bond donors (Lipinski definition) is 0. The number of aromatic nitrogens is 1. The molecule has 0 radical (unpaired) electrons. The van der Waals surface area contributed by atoms with Crippen molar-refractivity contribution in [2.24, 2.45) is 5.10 Å². The lowest BCUT2D eigenvalue weighted by Crippen LogP contribution is -2.09. The van der Waals surface area contributed by atoms with Crippen molar-refractivity contribution in [3.05, 3.63) is 102 Å². The summed E-state index contributed by atoms with van der Waals surface area (Å²) in [6.45, 7) is 0. The van der Waals surface area contributed by atoms with Crippen LogP contribution in [0.25, 0.3) is 11.3 Å². The third-order valence-corrected chi connectivity index (χ3v) is 4.75. The van der Waals surface area contributed by atoms with E-state index in [0.717, 1.165) is 27.6 Å². The van der Waals surface area contributed by atoms with E-state index in [2.05, 4.69) is 5.10 Å². The van der Waals surface area contributed by atoms with Gasteiger partial charge in [-0.15, -0.1) is 11.3 Å². The number of halogens is 1. The maximum absolute atomic E-state index is 13.1. The van der Waals surface area contributed by atoms with Crippen molar-refractivity contribution in [1.29, 1.82) is 0 Å². The molecule has 3 aromatic carbocycles. The Labute approximate surface area is 161 Å². The summed E-state index contributed by atoms with van der Waals surface area (Å²) in [5.74, 6) is -0.264. The summed E-state index contributed by atoms with van der Waals surface area (Å²) in [4.78, 5) is 4.75. The van der Waals surface area contributed by atoms with E-state index in [9.17, 15) is 4.39 Å². The molecule has 0 N–H and O–H groups in total. The number of benzene rings is 3. The lowest BCUT2D eigenvalue weighted by Gasteiger charge is -2.15. The number of rotatable bonds is 5. The van der Waals surface area contributed by atoms with Crippen LogP contribution in [0.15, 0.2) is 95.4 Å². The molecule has 0 amide bonds. The highest BCUT2D eigenvalue weighted by molar-refractivity contribution is 7.14. The molecule has 0 fully saturated rings. The minimum atomic E-state index is -0.264. The predicted octanol–water partition coefficient (Wildman–Crippen LogP) is 6.12. The highest BCUT2D eigenvalue weighted by atomic mass is 32.1. The molecule has 132 valence electrons. The van der Waals surface area contributed by atoms with E-state index in [0.29, 0.717) is 0 Å². The van der Waals surface area contributed by atoms with Gasteiger partial charge in [0, 0.05) is 10.9 Å². The molecule has 0 atom stereocenters. The number of para-hydroxylation sites is 1. The summed E-state index contributed by atoms with van der Waals surface area (Å²) < 4.78 is 13.1. The molecular weight excluding hydrogens is 357 g/mol. The molecule has 0 unspecified atom stereocenters. The van der Waals surface area contributed by atoms with E-state index in [-0.39, 0.29) is 5.82 Å². The van der Waals surface area contributed by atoms with Crippen molar-refractivity contribution in [3.63, 3.8) is 0 Å². The van der Waals surface area contributed by atoms with Crippen LogP contribution in [-0.4, -0.2) is 11.2 Å². The summed E-state index contributed by atoms with van der Waals surface area (Å²) >= 11 is 1.53. The van der Waals surface area contributed by atoms with Crippen molar-refractivity contribution in [3.8, 4) is 11.3 Å². The van der Waals surface area contributed by atoms with E-state index < -0.39 is 0 Å². The van der Waals surface area contributed by atoms with Crippen LogP contribution in [0, 0.1) is 5.82 Å². The fourth-order valence-electron chi connectivity index (χ4n) is 2.57. The van der Waals surface area contributed by atoms with Crippen LogP contribution in [0.4, 0.5) is 15.2 Å². The predicted molar refractivity (Wildman–Crippen MR) is 110 cm³/mol. The fourth-order valence-corrected chi connectivity index (χ4v) is 3.38. The maximum Gasteiger partial charge on any atom is 0.211 e. The highest BCUT2D eigenvalue weighted by Gasteiger charge is 2.13. The van der Waals surface area contributed by atoms with Gasteiger partial charge in [0.2, 0.25) is 5.13 Å². The Morgan fingerprint density at radius 1 is 0.852 bits per heavy atom. The van der Waals surface area contributed by atoms with Crippen LogP contribution in [0.5, 0.6) is 0 Å². The summed E-state index contributed by atoms with van der Waals surface area (Å²) in [7, 11) is 0. The lowest BCUT2D eigenvalue weighted by atomic mass is 10.2. The zero-order chi connectivity index (χ0) is 18.5. The van der Waals surface area contributed by atoms with Gasteiger partial charge in [-0.25, -0.2) is 14.4 Å². The third-order valence-electron chi connectivity index (χ3n) is 3.94. The van der Waals surface area contributed by atoms with Gasteiger partial charge in [-0.3, -0.25) is 0 Å². The second kappa shape index (κ2) is 7.93. The van der Waals surface area contributed by atoms with Crippen molar-refractivity contribution < 1.29 is 4.39 Å². The van der Waals surface area contributed by atoms with E-state index in [4.69, 9.17) is 4.98 Å². The molecule has 0 saturated heterocycles. The maximum atomic E-state index is 13.1. The van der Waals surface area contributed by atoms with Gasteiger partial charge in [-0.05, 0) is 29.8 Å². The van der Waals surface area contributed by atoms with E-state index >= 15 is 0 Å². The Bertz CT molecular complexity index is 1030. The Morgan fingerprint density at radius 2 is 1.52 bits per heavy atom. The van der Waals surface area contributed by atoms with Gasteiger partial charge in [-0.2, -0.15) is 5.10 Å². The summed E-state index contributed by atoms with van der Waals surface area (Å²) in [5.41, 5.74) is 3.70. The second-order valence-electron chi connectivity index (χ2n) is 5.82. The first-order valence-electron chi connectivity index (χ1n) is 8.45. The largest absolute Gasteiger partial charge is 0.218 e. The van der Waals surface area contributed by atoms with Gasteiger partial charge in [0.1, 0.15) is 5.82 Å². The topological polar surface area (TPSA) is 28.5 Å². The first kappa shape index (κ1) is 17.1. The standard InChI is InChI=1S/C22H16FN3S/c23-19-13-11-17(12-14-19)15-24-26(20-9-5-2-6-10-20)22-25-21(16-27-22)18-7-3-1-4-8-18/h1-16H/b24-15-. The molecule has 27 heavy (non-hydrogen) atoms. The highest BCUT2D eigenvalue weighted by Crippen LogP contribution is 2.32. The van der Waals surface area contributed by atoms with Gasteiger partial charge in [0.05, 0.1) is 17.6 Å². The molecule has 3 nitrogen and oxygen atoms in total. The van der Waals surface area contributed by atoms with Crippen LogP contribution in [0.2, 0.25) is 0 Å². The molecule has 0 aliphatic rings. The molecular formula is C22H16FN3S. The number of nitrogens with zero attached hydrogens (tertiary/aromatic N) is 3. The quantitative estimate of drug-likeness (QED) is 0.311. The molecule has 4 aromatic rings. The summed E-state index contributed by atoms with van der Waals surface area (Å²) in [5, 5.41) is 9.18. The van der Waals surface area contributed by atoms with Crippen LogP contribution in [0.3, 0.4) is 0 Å². The first-order valence-corrected chi connectivity index (χ1v) is 9.33. The van der Waals surface area contributed by atoms with Gasteiger partial charge in [0.25, 0.3) is 0 Å². The molecule has 1 aromatic heterocycles. The Morgan fingerprint density at radius 3 is 2.22 bits per heavy atom. The Balaban J connectivity index is 1.68. The van der Waals surface area contributed by atoms with Crippen LogP contribution < -0.4 is 5.01 Å². The van der Waals surface area contributed by atoms with Gasteiger partial charge >= 0.3 is 0 Å². The number of thiazole rings is 1. The minimum absolute atomic E-state index is 0.264. The average molecular weight is 373 g/mol. The third kappa shape index (κ3) is 4.10. The molecule has 0 spiro atoms.